The van der Waals surface area contributed by atoms with Crippen LogP contribution in [0, 0.1) is 10.1 Å². The first-order valence-corrected chi connectivity index (χ1v) is 9.29. The third-order valence-electron chi connectivity index (χ3n) is 4.56. The van der Waals surface area contributed by atoms with E-state index in [4.69, 9.17) is 11.6 Å². The van der Waals surface area contributed by atoms with Gasteiger partial charge in [-0.15, -0.1) is 0 Å². The molecule has 1 aliphatic rings. The lowest BCUT2D eigenvalue weighted by atomic mass is 10.0. The Hall–Kier alpha value is -3.97. The van der Waals surface area contributed by atoms with E-state index in [0.29, 0.717) is 22.0 Å². The van der Waals surface area contributed by atoms with Crippen molar-refractivity contribution in [3.63, 3.8) is 0 Å². The molecule has 3 aromatic rings. The van der Waals surface area contributed by atoms with Crippen LogP contribution in [0.3, 0.4) is 0 Å². The SMILES string of the molecule is O=C1C(Nc2ccccc2)=C(c2ccc([N+](=O)[O-])cc2)C(=O)N1c1cccc(Cl)c1. The van der Waals surface area contributed by atoms with Crippen LogP contribution in [0.25, 0.3) is 5.57 Å². The molecule has 148 valence electrons. The highest BCUT2D eigenvalue weighted by molar-refractivity contribution is 6.46. The van der Waals surface area contributed by atoms with Crippen LogP contribution < -0.4 is 10.2 Å². The number of benzene rings is 3. The van der Waals surface area contributed by atoms with Crippen LogP contribution in [0.15, 0.2) is 84.6 Å². The number of carbonyl (C=O) groups is 2. The Bertz CT molecular complexity index is 1190. The fourth-order valence-electron chi connectivity index (χ4n) is 3.18. The van der Waals surface area contributed by atoms with E-state index in [1.54, 1.807) is 42.5 Å². The van der Waals surface area contributed by atoms with Gasteiger partial charge in [-0.2, -0.15) is 0 Å². The Morgan fingerprint density at radius 2 is 1.57 bits per heavy atom. The summed E-state index contributed by atoms with van der Waals surface area (Å²) in [5.41, 5.74) is 1.45. The second-order valence-electron chi connectivity index (χ2n) is 6.47. The number of non-ortho nitro benzene ring substituents is 1. The van der Waals surface area contributed by atoms with Crippen molar-refractivity contribution in [3.05, 3.63) is 105 Å². The maximum atomic E-state index is 13.3. The Kier molecular flexibility index (Phi) is 5.04. The Morgan fingerprint density at radius 3 is 2.20 bits per heavy atom. The number of nitrogens with zero attached hydrogens (tertiary/aromatic N) is 2. The van der Waals surface area contributed by atoms with E-state index < -0.39 is 16.7 Å². The van der Waals surface area contributed by atoms with E-state index in [1.165, 1.54) is 30.3 Å². The molecule has 0 aromatic heterocycles. The van der Waals surface area contributed by atoms with Gasteiger partial charge in [0.25, 0.3) is 17.5 Å². The number of carbonyl (C=O) groups excluding carboxylic acids is 2. The maximum absolute atomic E-state index is 13.3. The normalized spacial score (nSPS) is 13.7. The van der Waals surface area contributed by atoms with Crippen LogP contribution in [-0.2, 0) is 9.59 Å². The fourth-order valence-corrected chi connectivity index (χ4v) is 3.36. The molecule has 0 spiro atoms. The van der Waals surface area contributed by atoms with Crippen molar-refractivity contribution in [2.75, 3.05) is 10.2 Å². The van der Waals surface area contributed by atoms with Gasteiger partial charge in [0, 0.05) is 22.8 Å². The number of anilines is 2. The maximum Gasteiger partial charge on any atom is 0.282 e. The summed E-state index contributed by atoms with van der Waals surface area (Å²) in [7, 11) is 0. The molecular weight excluding hydrogens is 406 g/mol. The molecule has 3 aromatic carbocycles. The number of nitro benzene ring substituents is 1. The monoisotopic (exact) mass is 419 g/mol. The molecule has 0 aliphatic carbocycles. The van der Waals surface area contributed by atoms with Gasteiger partial charge < -0.3 is 5.32 Å². The minimum Gasteiger partial charge on any atom is -0.350 e. The van der Waals surface area contributed by atoms with E-state index >= 15 is 0 Å². The summed E-state index contributed by atoms with van der Waals surface area (Å²) in [4.78, 5) is 38.0. The molecule has 2 amide bonds. The van der Waals surface area contributed by atoms with Crippen molar-refractivity contribution in [1.29, 1.82) is 0 Å². The summed E-state index contributed by atoms with van der Waals surface area (Å²) in [5, 5.41) is 14.4. The third-order valence-corrected chi connectivity index (χ3v) is 4.80. The second-order valence-corrected chi connectivity index (χ2v) is 6.91. The number of imide groups is 1. The predicted molar refractivity (Wildman–Crippen MR) is 114 cm³/mol. The lowest BCUT2D eigenvalue weighted by Gasteiger charge is -2.15. The lowest BCUT2D eigenvalue weighted by Crippen LogP contribution is -2.32. The minimum atomic E-state index is -0.547. The number of amides is 2. The number of nitro groups is 1. The Morgan fingerprint density at radius 1 is 0.867 bits per heavy atom. The average Bonchev–Trinajstić information content (AvgIpc) is 2.98. The molecule has 7 nitrogen and oxygen atoms in total. The zero-order valence-electron chi connectivity index (χ0n) is 15.4. The van der Waals surface area contributed by atoms with Crippen molar-refractivity contribution in [2.45, 2.75) is 0 Å². The van der Waals surface area contributed by atoms with Gasteiger partial charge in [0.1, 0.15) is 5.70 Å². The number of rotatable bonds is 5. The molecule has 30 heavy (non-hydrogen) atoms. The molecule has 1 heterocycles. The topological polar surface area (TPSA) is 92.5 Å². The molecular formula is C22H14ClN3O4. The molecule has 8 heteroatoms. The highest BCUT2D eigenvalue weighted by Crippen LogP contribution is 2.35. The molecule has 0 saturated heterocycles. The lowest BCUT2D eigenvalue weighted by molar-refractivity contribution is -0.384. The summed E-state index contributed by atoms with van der Waals surface area (Å²) in [6.07, 6.45) is 0. The van der Waals surface area contributed by atoms with E-state index in [-0.39, 0.29) is 17.0 Å². The summed E-state index contributed by atoms with van der Waals surface area (Å²) < 4.78 is 0. The molecule has 0 saturated carbocycles. The third kappa shape index (κ3) is 3.54. The minimum absolute atomic E-state index is 0.0834. The molecule has 1 aliphatic heterocycles. The van der Waals surface area contributed by atoms with Crippen LogP contribution in [0.2, 0.25) is 5.02 Å². The van der Waals surface area contributed by atoms with Crippen molar-refractivity contribution in [2.24, 2.45) is 0 Å². The molecule has 0 radical (unpaired) electrons. The molecule has 4 rings (SSSR count). The van der Waals surface area contributed by atoms with E-state index in [9.17, 15) is 19.7 Å². The summed E-state index contributed by atoms with van der Waals surface area (Å²) in [6, 6.07) is 20.9. The van der Waals surface area contributed by atoms with Gasteiger partial charge in [-0.25, -0.2) is 4.90 Å². The van der Waals surface area contributed by atoms with E-state index in [0.717, 1.165) is 4.90 Å². The fraction of sp³-hybridized carbons (Fsp3) is 0. The smallest absolute Gasteiger partial charge is 0.282 e. The Balaban J connectivity index is 1.82. The quantitative estimate of drug-likeness (QED) is 0.369. The van der Waals surface area contributed by atoms with Crippen LogP contribution in [0.1, 0.15) is 5.56 Å². The summed E-state index contributed by atoms with van der Waals surface area (Å²) in [6.45, 7) is 0. The molecule has 1 N–H and O–H groups in total. The number of hydrogen-bond acceptors (Lipinski definition) is 5. The first kappa shape index (κ1) is 19.4. The van der Waals surface area contributed by atoms with Gasteiger partial charge in [0.05, 0.1) is 16.2 Å². The van der Waals surface area contributed by atoms with Gasteiger partial charge in [-0.3, -0.25) is 19.7 Å². The summed E-state index contributed by atoms with van der Waals surface area (Å²) in [5.74, 6) is -1.09. The number of nitrogens with one attached hydrogen (secondary N) is 1. The van der Waals surface area contributed by atoms with Crippen LogP contribution in [0.4, 0.5) is 17.1 Å². The van der Waals surface area contributed by atoms with Crippen LogP contribution in [-0.4, -0.2) is 16.7 Å². The number of halogens is 1. The van der Waals surface area contributed by atoms with E-state index in [1.807, 2.05) is 6.07 Å². The highest BCUT2D eigenvalue weighted by Gasteiger charge is 2.40. The largest absolute Gasteiger partial charge is 0.350 e. The van der Waals surface area contributed by atoms with Gasteiger partial charge in [0.2, 0.25) is 0 Å². The molecule has 0 unspecified atom stereocenters. The van der Waals surface area contributed by atoms with Gasteiger partial charge in [-0.1, -0.05) is 35.9 Å². The van der Waals surface area contributed by atoms with Crippen molar-refractivity contribution in [1.82, 2.24) is 0 Å². The van der Waals surface area contributed by atoms with Gasteiger partial charge in [0.15, 0.2) is 0 Å². The number of para-hydroxylation sites is 1. The van der Waals surface area contributed by atoms with Crippen LogP contribution in [0.5, 0.6) is 0 Å². The van der Waals surface area contributed by atoms with E-state index in [2.05, 4.69) is 5.32 Å². The summed E-state index contributed by atoms with van der Waals surface area (Å²) >= 11 is 6.04. The first-order chi connectivity index (χ1) is 14.5. The predicted octanol–water partition coefficient (Wildman–Crippen LogP) is 4.64. The van der Waals surface area contributed by atoms with Crippen molar-refractivity contribution in [3.8, 4) is 0 Å². The van der Waals surface area contributed by atoms with Crippen molar-refractivity contribution >= 4 is 46.1 Å². The molecule has 0 bridgehead atoms. The second kappa shape index (κ2) is 7.81. The Labute approximate surface area is 176 Å². The zero-order chi connectivity index (χ0) is 21.3. The first-order valence-electron chi connectivity index (χ1n) is 8.91. The standard InChI is InChI=1S/C22H14ClN3O4/c23-15-5-4-8-18(13-15)25-21(27)19(14-9-11-17(12-10-14)26(29)30)20(22(25)28)24-16-6-2-1-3-7-16/h1-13,24H. The van der Waals surface area contributed by atoms with Crippen molar-refractivity contribution < 1.29 is 14.5 Å². The molecule has 0 atom stereocenters. The zero-order valence-corrected chi connectivity index (χ0v) is 16.2. The average molecular weight is 420 g/mol. The molecule has 0 fully saturated rings. The number of hydrogen-bond donors (Lipinski definition) is 1. The van der Waals surface area contributed by atoms with Gasteiger partial charge in [-0.05, 0) is 48.0 Å². The van der Waals surface area contributed by atoms with Gasteiger partial charge >= 0.3 is 0 Å². The van der Waals surface area contributed by atoms with Crippen LogP contribution >= 0.6 is 11.6 Å². The highest BCUT2D eigenvalue weighted by atomic mass is 35.5.